The molecule has 3 atom stereocenters. The standard InChI is InChI=1S/C64H127N2O6P/c1-6-8-10-12-14-16-18-20-22-24-26-28-29-30-31-32-33-34-35-36-37-38-40-42-44-46-48-50-52-54-56-58-64(68)65-62(61-72-73(69,70)71-60-59-66(3,4)5)63(67)57-55-53-51-49-47-45-43-41-39-27-25-23-21-19-17-15-13-11-9-7-2/h24,26,55,57,62-63,67H,6-23,25,27-54,56,58-61H2,1-5H3,(H-,65,68,69,70)/p+1/b26-24-,57-55+. The Labute approximate surface area is 455 Å². The maximum atomic E-state index is 13.0. The van der Waals surface area contributed by atoms with E-state index in [-0.39, 0.29) is 19.1 Å². The fourth-order valence-corrected chi connectivity index (χ4v) is 10.6. The number of likely N-dealkylation sites (N-methyl/N-ethyl adjacent to an activating group) is 1. The van der Waals surface area contributed by atoms with Crippen molar-refractivity contribution in [2.75, 3.05) is 40.9 Å². The van der Waals surface area contributed by atoms with Crippen LogP contribution in [0.5, 0.6) is 0 Å². The molecule has 0 aromatic carbocycles. The Morgan fingerprint density at radius 3 is 1.05 bits per heavy atom. The van der Waals surface area contributed by atoms with E-state index in [1.54, 1.807) is 6.08 Å². The average Bonchev–Trinajstić information content (AvgIpc) is 3.35. The number of carbonyl (C=O) groups is 1. The minimum atomic E-state index is -4.35. The molecule has 0 aliphatic rings. The lowest BCUT2D eigenvalue weighted by molar-refractivity contribution is -0.870. The van der Waals surface area contributed by atoms with Crippen LogP contribution in [-0.4, -0.2) is 73.4 Å². The number of phosphoric ester groups is 1. The Morgan fingerprint density at radius 1 is 0.452 bits per heavy atom. The molecule has 0 heterocycles. The maximum Gasteiger partial charge on any atom is 0.472 e. The highest BCUT2D eigenvalue weighted by atomic mass is 31.2. The predicted octanol–water partition coefficient (Wildman–Crippen LogP) is 19.9. The molecule has 8 nitrogen and oxygen atoms in total. The van der Waals surface area contributed by atoms with E-state index in [0.717, 1.165) is 32.1 Å². The van der Waals surface area contributed by atoms with Gasteiger partial charge in [-0.05, 0) is 44.9 Å². The molecule has 1 amide bonds. The van der Waals surface area contributed by atoms with Crippen LogP contribution in [0.1, 0.15) is 328 Å². The zero-order valence-corrected chi connectivity index (χ0v) is 50.5. The molecule has 73 heavy (non-hydrogen) atoms. The van der Waals surface area contributed by atoms with Crippen molar-refractivity contribution in [3.05, 3.63) is 24.3 Å². The van der Waals surface area contributed by atoms with Crippen LogP contribution in [0.15, 0.2) is 24.3 Å². The van der Waals surface area contributed by atoms with Crippen LogP contribution in [0.25, 0.3) is 0 Å². The Hall–Kier alpha value is -1.02. The van der Waals surface area contributed by atoms with Crippen LogP contribution in [-0.2, 0) is 18.4 Å². The van der Waals surface area contributed by atoms with Crippen LogP contribution < -0.4 is 5.32 Å². The van der Waals surface area contributed by atoms with Crippen LogP contribution in [0.2, 0.25) is 0 Å². The lowest BCUT2D eigenvalue weighted by Crippen LogP contribution is -2.45. The number of rotatable bonds is 60. The van der Waals surface area contributed by atoms with E-state index in [1.165, 1.54) is 276 Å². The second-order valence-corrected chi connectivity index (χ2v) is 24.9. The molecule has 0 aliphatic heterocycles. The highest BCUT2D eigenvalue weighted by molar-refractivity contribution is 7.47. The van der Waals surface area contributed by atoms with E-state index in [4.69, 9.17) is 9.05 Å². The summed E-state index contributed by atoms with van der Waals surface area (Å²) in [6.45, 7) is 4.87. The third-order valence-corrected chi connectivity index (χ3v) is 15.9. The van der Waals surface area contributed by atoms with Crippen molar-refractivity contribution in [1.82, 2.24) is 5.32 Å². The topological polar surface area (TPSA) is 105 Å². The Morgan fingerprint density at radius 2 is 0.740 bits per heavy atom. The van der Waals surface area contributed by atoms with Gasteiger partial charge in [-0.25, -0.2) is 4.57 Å². The molecule has 0 saturated carbocycles. The van der Waals surface area contributed by atoms with Gasteiger partial charge in [0.05, 0.1) is 39.9 Å². The number of nitrogens with zero attached hydrogens (tertiary/aromatic N) is 1. The van der Waals surface area contributed by atoms with Crippen LogP contribution in [0, 0.1) is 0 Å². The van der Waals surface area contributed by atoms with E-state index >= 15 is 0 Å². The summed E-state index contributed by atoms with van der Waals surface area (Å²) in [6.07, 6.45) is 71.6. The number of nitrogens with one attached hydrogen (secondary N) is 1. The number of amides is 1. The van der Waals surface area contributed by atoms with Gasteiger partial charge in [0.25, 0.3) is 0 Å². The van der Waals surface area contributed by atoms with E-state index < -0.39 is 20.0 Å². The van der Waals surface area contributed by atoms with Crippen molar-refractivity contribution in [2.45, 2.75) is 341 Å². The highest BCUT2D eigenvalue weighted by Gasteiger charge is 2.28. The second kappa shape index (κ2) is 55.7. The van der Waals surface area contributed by atoms with Crippen molar-refractivity contribution >= 4 is 13.7 Å². The summed E-state index contributed by atoms with van der Waals surface area (Å²) in [5.41, 5.74) is 0. The molecule has 9 heteroatoms. The number of hydrogen-bond donors (Lipinski definition) is 3. The smallest absolute Gasteiger partial charge is 0.387 e. The number of aliphatic hydroxyl groups is 1. The molecule has 0 bridgehead atoms. The van der Waals surface area contributed by atoms with Crippen molar-refractivity contribution in [2.24, 2.45) is 0 Å². The normalized spacial score (nSPS) is 13.9. The quantitative estimate of drug-likeness (QED) is 0.0243. The molecule has 0 radical (unpaired) electrons. The number of aliphatic hydroxyl groups excluding tert-OH is 1. The van der Waals surface area contributed by atoms with Gasteiger partial charge in [0, 0.05) is 6.42 Å². The summed E-state index contributed by atoms with van der Waals surface area (Å²) in [6, 6.07) is -0.844. The van der Waals surface area contributed by atoms with Crippen LogP contribution in [0.4, 0.5) is 0 Å². The molecule has 434 valence electrons. The monoisotopic (exact) mass is 1050 g/mol. The summed E-state index contributed by atoms with van der Waals surface area (Å²) in [5, 5.41) is 14.0. The molecule has 0 spiro atoms. The number of phosphoric acid groups is 1. The molecule has 0 saturated heterocycles. The molecule has 0 fully saturated rings. The summed E-state index contributed by atoms with van der Waals surface area (Å²) in [4.78, 5) is 23.4. The van der Waals surface area contributed by atoms with Gasteiger partial charge in [-0.15, -0.1) is 0 Å². The summed E-state index contributed by atoms with van der Waals surface area (Å²) in [5.74, 6) is -0.170. The third kappa shape index (κ3) is 58.5. The molecule has 3 N–H and O–H groups in total. The van der Waals surface area contributed by atoms with Gasteiger partial charge >= 0.3 is 7.82 Å². The molecule has 3 unspecified atom stereocenters. The SMILES string of the molecule is CCCCCCCCCC/C=C\CCCCCCCCCCCCCCCCCCCCCC(=O)NC(COP(=O)(O)OCC[N+](C)(C)C)C(O)/C=C/CCCCCCCCCCCCCCCCCCCC. The first kappa shape index (κ1) is 72.0. The summed E-state index contributed by atoms with van der Waals surface area (Å²) in [7, 11) is 1.59. The van der Waals surface area contributed by atoms with Gasteiger partial charge in [0.1, 0.15) is 13.2 Å². The third-order valence-electron chi connectivity index (χ3n) is 14.9. The largest absolute Gasteiger partial charge is 0.472 e. The first-order valence-corrected chi connectivity index (χ1v) is 33.7. The first-order valence-electron chi connectivity index (χ1n) is 32.2. The van der Waals surface area contributed by atoms with Gasteiger partial charge in [-0.3, -0.25) is 13.8 Å². The minimum absolute atomic E-state index is 0.0643. The van der Waals surface area contributed by atoms with E-state index in [2.05, 4.69) is 31.3 Å². The average molecular weight is 1050 g/mol. The molecule has 0 aromatic heterocycles. The second-order valence-electron chi connectivity index (χ2n) is 23.5. The fourth-order valence-electron chi connectivity index (χ4n) is 9.86. The maximum absolute atomic E-state index is 13.0. The Bertz CT molecular complexity index is 1240. The molecule has 0 rings (SSSR count). The minimum Gasteiger partial charge on any atom is -0.387 e. The van der Waals surface area contributed by atoms with Gasteiger partial charge in [-0.1, -0.05) is 301 Å². The van der Waals surface area contributed by atoms with Crippen LogP contribution in [0.3, 0.4) is 0 Å². The lowest BCUT2D eigenvalue weighted by atomic mass is 10.0. The first-order chi connectivity index (χ1) is 35.5. The van der Waals surface area contributed by atoms with Gasteiger partial charge in [0.15, 0.2) is 0 Å². The van der Waals surface area contributed by atoms with Crippen molar-refractivity contribution in [3.8, 4) is 0 Å². The Kier molecular flexibility index (Phi) is 54.9. The lowest BCUT2D eigenvalue weighted by Gasteiger charge is -2.25. The zero-order chi connectivity index (χ0) is 53.5. The predicted molar refractivity (Wildman–Crippen MR) is 318 cm³/mol. The van der Waals surface area contributed by atoms with E-state index in [9.17, 15) is 19.4 Å². The number of quaternary nitrogens is 1. The van der Waals surface area contributed by atoms with Gasteiger partial charge in [0.2, 0.25) is 5.91 Å². The fraction of sp³-hybridized carbons (Fsp3) is 0.922. The summed E-state index contributed by atoms with van der Waals surface area (Å²) < 4.78 is 23.8. The van der Waals surface area contributed by atoms with Crippen molar-refractivity contribution in [3.63, 3.8) is 0 Å². The summed E-state index contributed by atoms with van der Waals surface area (Å²) >= 11 is 0. The molecule has 0 aliphatic carbocycles. The highest BCUT2D eigenvalue weighted by Crippen LogP contribution is 2.43. The van der Waals surface area contributed by atoms with Gasteiger partial charge < -0.3 is 19.8 Å². The van der Waals surface area contributed by atoms with Crippen LogP contribution >= 0.6 is 7.82 Å². The number of hydrogen-bond acceptors (Lipinski definition) is 5. The zero-order valence-electron chi connectivity index (χ0n) is 49.7. The molecular formula is C64H128N2O6P+. The number of carbonyl (C=O) groups excluding carboxylic acids is 1. The van der Waals surface area contributed by atoms with Crippen molar-refractivity contribution < 1.29 is 32.9 Å². The van der Waals surface area contributed by atoms with E-state index in [0.29, 0.717) is 17.4 Å². The Balaban J connectivity index is 4.05. The van der Waals surface area contributed by atoms with Gasteiger partial charge in [-0.2, -0.15) is 0 Å². The van der Waals surface area contributed by atoms with E-state index in [1.807, 2.05) is 27.2 Å². The van der Waals surface area contributed by atoms with Crippen molar-refractivity contribution in [1.29, 1.82) is 0 Å². The number of unbranched alkanes of at least 4 members (excludes halogenated alkanes) is 45. The number of allylic oxidation sites excluding steroid dienone is 3. The molecular weight excluding hydrogens is 924 g/mol. The molecule has 0 aromatic rings.